The molecular formula is C12H11ClO9S. The summed E-state index contributed by atoms with van der Waals surface area (Å²) in [5, 5.41) is 26.9. The average molecular weight is 367 g/mol. The fraction of sp³-hybridized carbons (Fsp3) is 0.250. The van der Waals surface area contributed by atoms with E-state index in [1.807, 2.05) is 0 Å². The standard InChI is InChI=1S/C12H11ClO9S/c13-7-1-3-8(4-2-7)23(20,21)22-12(11(18)19,5-9(14)15)6-10(16)17/h1-4H,5-6H2,(H,14,15)(H,16,17)(H,18,19). The summed E-state index contributed by atoms with van der Waals surface area (Å²) in [5.74, 6) is -5.50. The average Bonchev–Trinajstić information content (AvgIpc) is 2.36. The molecule has 9 nitrogen and oxygen atoms in total. The van der Waals surface area contributed by atoms with E-state index in [9.17, 15) is 22.8 Å². The van der Waals surface area contributed by atoms with Gasteiger partial charge in [-0.25, -0.2) is 8.98 Å². The van der Waals surface area contributed by atoms with Crippen LogP contribution in [0.5, 0.6) is 0 Å². The van der Waals surface area contributed by atoms with Gasteiger partial charge in [-0.15, -0.1) is 0 Å². The molecule has 1 aromatic carbocycles. The van der Waals surface area contributed by atoms with Crippen molar-refractivity contribution < 1.29 is 42.3 Å². The molecule has 0 fully saturated rings. The van der Waals surface area contributed by atoms with Gasteiger partial charge in [0.15, 0.2) is 0 Å². The van der Waals surface area contributed by atoms with Crippen molar-refractivity contribution in [1.82, 2.24) is 0 Å². The SMILES string of the molecule is O=C(O)CC(CC(=O)O)(OS(=O)(=O)c1ccc(Cl)cc1)C(=O)O. The largest absolute Gasteiger partial charge is 0.481 e. The van der Waals surface area contributed by atoms with E-state index in [2.05, 4.69) is 4.18 Å². The molecule has 0 aromatic heterocycles. The maximum atomic E-state index is 12.1. The molecule has 3 N–H and O–H groups in total. The lowest BCUT2D eigenvalue weighted by molar-refractivity contribution is -0.166. The summed E-state index contributed by atoms with van der Waals surface area (Å²) in [7, 11) is -4.74. The zero-order valence-corrected chi connectivity index (χ0v) is 12.9. The number of carboxylic acid groups (broad SMARTS) is 3. The maximum Gasteiger partial charge on any atom is 0.338 e. The first kappa shape index (κ1) is 18.9. The van der Waals surface area contributed by atoms with Gasteiger partial charge in [-0.05, 0) is 24.3 Å². The van der Waals surface area contributed by atoms with Gasteiger partial charge in [-0.1, -0.05) is 11.6 Å². The van der Waals surface area contributed by atoms with Gasteiger partial charge >= 0.3 is 17.9 Å². The lowest BCUT2D eigenvalue weighted by Gasteiger charge is -2.25. The molecule has 0 aliphatic carbocycles. The monoisotopic (exact) mass is 366 g/mol. The Morgan fingerprint density at radius 2 is 1.43 bits per heavy atom. The van der Waals surface area contributed by atoms with Crippen LogP contribution in [0.2, 0.25) is 5.02 Å². The van der Waals surface area contributed by atoms with Crippen LogP contribution in [-0.2, 0) is 28.7 Å². The van der Waals surface area contributed by atoms with Gasteiger partial charge in [0.2, 0.25) is 5.60 Å². The molecule has 0 spiro atoms. The second-order valence-electron chi connectivity index (χ2n) is 4.43. The molecule has 11 heteroatoms. The van der Waals surface area contributed by atoms with E-state index in [1.54, 1.807) is 0 Å². The summed E-state index contributed by atoms with van der Waals surface area (Å²) in [6.45, 7) is 0. The molecular weight excluding hydrogens is 356 g/mol. The quantitative estimate of drug-likeness (QED) is 0.566. The van der Waals surface area contributed by atoms with E-state index in [0.29, 0.717) is 0 Å². The van der Waals surface area contributed by atoms with Gasteiger partial charge in [0.05, 0.1) is 17.7 Å². The highest BCUT2D eigenvalue weighted by Gasteiger charge is 2.48. The van der Waals surface area contributed by atoms with E-state index < -0.39 is 51.4 Å². The van der Waals surface area contributed by atoms with Crippen molar-refractivity contribution in [3.05, 3.63) is 29.3 Å². The van der Waals surface area contributed by atoms with Crippen molar-refractivity contribution >= 4 is 39.6 Å². The maximum absolute atomic E-state index is 12.1. The summed E-state index contributed by atoms with van der Waals surface area (Å²) in [6, 6.07) is 4.39. The molecule has 0 atom stereocenters. The molecule has 0 aliphatic heterocycles. The Hall–Kier alpha value is -2.17. The molecule has 0 amide bonds. The lowest BCUT2D eigenvalue weighted by Crippen LogP contribution is -2.47. The van der Waals surface area contributed by atoms with Crippen LogP contribution in [0, 0.1) is 0 Å². The number of carboxylic acids is 3. The predicted molar refractivity (Wildman–Crippen MR) is 74.6 cm³/mol. The highest BCUT2D eigenvalue weighted by Crippen LogP contribution is 2.28. The third-order valence-electron chi connectivity index (χ3n) is 2.63. The van der Waals surface area contributed by atoms with Crippen molar-refractivity contribution in [3.8, 4) is 0 Å². The number of aliphatic carboxylic acids is 3. The highest BCUT2D eigenvalue weighted by molar-refractivity contribution is 7.86. The molecule has 0 saturated carbocycles. The van der Waals surface area contributed by atoms with Gasteiger partial charge in [0.25, 0.3) is 10.1 Å². The first-order valence-electron chi connectivity index (χ1n) is 5.87. The summed E-state index contributed by atoms with van der Waals surface area (Å²) >= 11 is 5.60. The second-order valence-corrected chi connectivity index (χ2v) is 6.41. The molecule has 0 bridgehead atoms. The molecule has 0 heterocycles. The van der Waals surface area contributed by atoms with E-state index in [-0.39, 0.29) is 5.02 Å². The third kappa shape index (κ3) is 4.91. The zero-order chi connectivity index (χ0) is 17.8. The van der Waals surface area contributed by atoms with Crippen LogP contribution in [0.3, 0.4) is 0 Å². The number of hydrogen-bond donors (Lipinski definition) is 3. The van der Waals surface area contributed by atoms with Crippen molar-refractivity contribution in [2.45, 2.75) is 23.3 Å². The minimum absolute atomic E-state index is 0.199. The molecule has 0 saturated heterocycles. The second kappa shape index (κ2) is 6.94. The first-order valence-corrected chi connectivity index (χ1v) is 7.65. The number of carbonyl (C=O) groups is 3. The Labute approximate surface area is 135 Å². The predicted octanol–water partition coefficient (Wildman–Crippen LogP) is 0.818. The molecule has 0 radical (unpaired) electrons. The molecule has 0 unspecified atom stereocenters. The van der Waals surface area contributed by atoms with E-state index >= 15 is 0 Å². The molecule has 1 aromatic rings. The smallest absolute Gasteiger partial charge is 0.338 e. The Balaban J connectivity index is 3.31. The van der Waals surface area contributed by atoms with E-state index in [0.717, 1.165) is 12.1 Å². The lowest BCUT2D eigenvalue weighted by atomic mass is 9.96. The summed E-state index contributed by atoms with van der Waals surface area (Å²) in [5.41, 5.74) is -2.98. The van der Waals surface area contributed by atoms with Crippen molar-refractivity contribution in [2.75, 3.05) is 0 Å². The zero-order valence-electron chi connectivity index (χ0n) is 11.3. The van der Waals surface area contributed by atoms with Crippen LogP contribution in [0.25, 0.3) is 0 Å². The number of halogens is 1. The van der Waals surface area contributed by atoms with Crippen LogP contribution in [-0.4, -0.2) is 47.2 Å². The van der Waals surface area contributed by atoms with Gasteiger partial charge < -0.3 is 15.3 Å². The summed E-state index contributed by atoms with van der Waals surface area (Å²) < 4.78 is 28.7. The minimum Gasteiger partial charge on any atom is -0.481 e. The van der Waals surface area contributed by atoms with Crippen LogP contribution in [0.15, 0.2) is 29.2 Å². The van der Waals surface area contributed by atoms with Crippen LogP contribution in [0.4, 0.5) is 0 Å². The van der Waals surface area contributed by atoms with Crippen molar-refractivity contribution in [3.63, 3.8) is 0 Å². The van der Waals surface area contributed by atoms with Gasteiger partial charge in [0, 0.05) is 5.02 Å². The number of benzene rings is 1. The van der Waals surface area contributed by atoms with Gasteiger partial charge in [-0.2, -0.15) is 8.42 Å². The Kier molecular flexibility index (Phi) is 5.70. The van der Waals surface area contributed by atoms with Gasteiger partial charge in [0.1, 0.15) is 0 Å². The molecule has 23 heavy (non-hydrogen) atoms. The minimum atomic E-state index is -4.74. The van der Waals surface area contributed by atoms with E-state index in [1.165, 1.54) is 12.1 Å². The normalized spacial score (nSPS) is 11.9. The van der Waals surface area contributed by atoms with Crippen LogP contribution < -0.4 is 0 Å². The Morgan fingerprint density at radius 3 is 1.78 bits per heavy atom. The Morgan fingerprint density at radius 1 is 1.00 bits per heavy atom. The van der Waals surface area contributed by atoms with Crippen LogP contribution in [0.1, 0.15) is 12.8 Å². The molecule has 1 rings (SSSR count). The fourth-order valence-electron chi connectivity index (χ4n) is 1.66. The van der Waals surface area contributed by atoms with Gasteiger partial charge in [-0.3, -0.25) is 9.59 Å². The third-order valence-corrected chi connectivity index (χ3v) is 4.27. The number of rotatable bonds is 8. The van der Waals surface area contributed by atoms with E-state index in [4.69, 9.17) is 26.9 Å². The molecule has 126 valence electrons. The Bertz CT molecular complexity index is 707. The number of hydrogen-bond acceptors (Lipinski definition) is 6. The molecule has 0 aliphatic rings. The van der Waals surface area contributed by atoms with Crippen molar-refractivity contribution in [2.24, 2.45) is 0 Å². The fourth-order valence-corrected chi connectivity index (χ4v) is 2.96. The van der Waals surface area contributed by atoms with Crippen molar-refractivity contribution in [1.29, 1.82) is 0 Å². The van der Waals surface area contributed by atoms with Crippen LogP contribution >= 0.6 is 11.6 Å². The first-order chi connectivity index (χ1) is 10.5. The summed E-state index contributed by atoms with van der Waals surface area (Å²) in [4.78, 5) is 32.5. The topological polar surface area (TPSA) is 155 Å². The summed E-state index contributed by atoms with van der Waals surface area (Å²) in [6.07, 6.45) is -2.72. The highest BCUT2D eigenvalue weighted by atomic mass is 35.5.